The van der Waals surface area contributed by atoms with Gasteiger partial charge in [0.15, 0.2) is 0 Å². The van der Waals surface area contributed by atoms with Crippen LogP contribution in [0.4, 0.5) is 0 Å². The minimum atomic E-state index is -0.423. The smallest absolute Gasteiger partial charge is 0.243 e. The molecule has 0 aliphatic carbocycles. The third-order valence-corrected chi connectivity index (χ3v) is 4.42. The van der Waals surface area contributed by atoms with Crippen LogP contribution in [0, 0.1) is 12.8 Å². The van der Waals surface area contributed by atoms with Crippen molar-refractivity contribution in [3.05, 3.63) is 34.3 Å². The zero-order valence-corrected chi connectivity index (χ0v) is 13.4. The van der Waals surface area contributed by atoms with Crippen LogP contribution < -0.4 is 5.32 Å². The van der Waals surface area contributed by atoms with Crippen molar-refractivity contribution in [3.8, 4) is 0 Å². The van der Waals surface area contributed by atoms with Gasteiger partial charge >= 0.3 is 0 Å². The van der Waals surface area contributed by atoms with Crippen molar-refractivity contribution in [1.29, 1.82) is 0 Å². The lowest BCUT2D eigenvalue weighted by Gasteiger charge is -2.38. The predicted octanol–water partition coefficient (Wildman–Crippen LogP) is 2.52. The van der Waals surface area contributed by atoms with E-state index in [1.807, 2.05) is 39.0 Å². The Morgan fingerprint density at radius 3 is 2.76 bits per heavy atom. The van der Waals surface area contributed by atoms with Gasteiger partial charge in [-0.2, -0.15) is 0 Å². The first-order valence-corrected chi connectivity index (χ1v) is 7.64. The topological polar surface area (TPSA) is 49.4 Å². The Morgan fingerprint density at radius 2 is 2.14 bits per heavy atom. The normalized spacial score (nSPS) is 20.4. The van der Waals surface area contributed by atoms with Gasteiger partial charge in [-0.05, 0) is 30.0 Å². The fourth-order valence-electron chi connectivity index (χ4n) is 2.60. The van der Waals surface area contributed by atoms with E-state index in [1.165, 1.54) is 0 Å². The molecule has 2 amide bonds. The van der Waals surface area contributed by atoms with E-state index in [0.717, 1.165) is 17.5 Å². The molecule has 1 aromatic rings. The first kappa shape index (κ1) is 15.8. The summed E-state index contributed by atoms with van der Waals surface area (Å²) in [7, 11) is 0. The lowest BCUT2D eigenvalue weighted by atomic mass is 9.94. The lowest BCUT2D eigenvalue weighted by Crippen LogP contribution is -2.60. The molecule has 21 heavy (non-hydrogen) atoms. The summed E-state index contributed by atoms with van der Waals surface area (Å²) in [5, 5.41) is 3.31. The van der Waals surface area contributed by atoms with Crippen molar-refractivity contribution in [1.82, 2.24) is 10.2 Å². The van der Waals surface area contributed by atoms with Gasteiger partial charge in [0.1, 0.15) is 6.04 Å². The second-order valence-corrected chi connectivity index (χ2v) is 6.07. The molecule has 0 aromatic heterocycles. The molecule has 2 rings (SSSR count). The van der Waals surface area contributed by atoms with Crippen LogP contribution in [-0.2, 0) is 16.1 Å². The molecular formula is C16H21ClN2O2. The van der Waals surface area contributed by atoms with E-state index in [4.69, 9.17) is 11.6 Å². The Morgan fingerprint density at radius 1 is 1.43 bits per heavy atom. The first-order valence-electron chi connectivity index (χ1n) is 7.26. The molecule has 5 heteroatoms. The van der Waals surface area contributed by atoms with E-state index in [-0.39, 0.29) is 24.3 Å². The molecule has 1 aliphatic rings. The van der Waals surface area contributed by atoms with Crippen LogP contribution in [0.3, 0.4) is 0 Å². The van der Waals surface area contributed by atoms with Crippen molar-refractivity contribution in [2.45, 2.75) is 39.8 Å². The molecule has 1 N–H and O–H groups in total. The Balaban J connectivity index is 2.28. The number of benzene rings is 1. The lowest BCUT2D eigenvalue weighted by molar-refractivity contribution is -0.148. The number of hydrogen-bond donors (Lipinski definition) is 1. The molecular weight excluding hydrogens is 288 g/mol. The van der Waals surface area contributed by atoms with Gasteiger partial charge in [-0.15, -0.1) is 0 Å². The van der Waals surface area contributed by atoms with Crippen LogP contribution in [0.25, 0.3) is 0 Å². The maximum atomic E-state index is 12.2. The number of piperazine rings is 1. The fourth-order valence-corrected chi connectivity index (χ4v) is 2.90. The molecule has 0 spiro atoms. The number of rotatable bonds is 4. The van der Waals surface area contributed by atoms with Crippen LogP contribution in [0.15, 0.2) is 18.2 Å². The minimum Gasteiger partial charge on any atom is -0.345 e. The largest absolute Gasteiger partial charge is 0.345 e. The maximum absolute atomic E-state index is 12.2. The average molecular weight is 309 g/mol. The van der Waals surface area contributed by atoms with Crippen LogP contribution in [0.5, 0.6) is 0 Å². The number of nitrogens with zero attached hydrogens (tertiary/aromatic N) is 1. The van der Waals surface area contributed by atoms with Gasteiger partial charge in [0, 0.05) is 11.6 Å². The molecule has 1 saturated heterocycles. The number of nitrogens with one attached hydrogen (secondary N) is 1. The average Bonchev–Trinajstić information content (AvgIpc) is 2.45. The molecule has 1 fully saturated rings. The summed E-state index contributed by atoms with van der Waals surface area (Å²) in [6, 6.07) is 5.34. The summed E-state index contributed by atoms with van der Waals surface area (Å²) in [4.78, 5) is 26.0. The zero-order valence-electron chi connectivity index (χ0n) is 12.6. The highest BCUT2D eigenvalue weighted by atomic mass is 35.5. The highest BCUT2D eigenvalue weighted by Gasteiger charge is 2.37. The van der Waals surface area contributed by atoms with Crippen LogP contribution in [-0.4, -0.2) is 29.3 Å². The third kappa shape index (κ3) is 3.38. The molecule has 0 bridgehead atoms. The van der Waals surface area contributed by atoms with E-state index in [9.17, 15) is 9.59 Å². The zero-order chi connectivity index (χ0) is 15.6. The van der Waals surface area contributed by atoms with Crippen molar-refractivity contribution >= 4 is 23.4 Å². The van der Waals surface area contributed by atoms with Crippen LogP contribution >= 0.6 is 11.6 Å². The van der Waals surface area contributed by atoms with Crippen molar-refractivity contribution in [2.24, 2.45) is 5.92 Å². The first-order chi connectivity index (χ1) is 9.93. The van der Waals surface area contributed by atoms with E-state index in [0.29, 0.717) is 11.6 Å². The van der Waals surface area contributed by atoms with Gasteiger partial charge in [-0.1, -0.05) is 44.0 Å². The standard InChI is InChI=1S/C16H21ClN2O2/c1-4-11(3)15-16(21)18-8-14(20)19(15)9-12-6-5-10(2)7-13(12)17/h5-7,11,15H,4,8-9H2,1-3H3,(H,18,21). The summed E-state index contributed by atoms with van der Waals surface area (Å²) in [5.74, 6) is -0.0257. The summed E-state index contributed by atoms with van der Waals surface area (Å²) in [6.07, 6.45) is 0.837. The molecule has 2 atom stereocenters. The van der Waals surface area contributed by atoms with E-state index >= 15 is 0 Å². The van der Waals surface area contributed by atoms with Gasteiger partial charge in [0.25, 0.3) is 0 Å². The Kier molecular flexibility index (Phi) is 4.88. The number of halogens is 1. The second-order valence-electron chi connectivity index (χ2n) is 5.66. The summed E-state index contributed by atoms with van der Waals surface area (Å²) < 4.78 is 0. The fraction of sp³-hybridized carbons (Fsp3) is 0.500. The van der Waals surface area contributed by atoms with Crippen molar-refractivity contribution in [2.75, 3.05) is 6.54 Å². The summed E-state index contributed by atoms with van der Waals surface area (Å²) in [5.41, 5.74) is 1.95. The number of aryl methyl sites for hydroxylation is 1. The predicted molar refractivity (Wildman–Crippen MR) is 83.0 cm³/mol. The highest BCUT2D eigenvalue weighted by molar-refractivity contribution is 6.31. The minimum absolute atomic E-state index is 0.0588. The van der Waals surface area contributed by atoms with Gasteiger partial charge in [0.2, 0.25) is 11.8 Å². The number of carbonyl (C=O) groups is 2. The van der Waals surface area contributed by atoms with Gasteiger partial charge in [-0.25, -0.2) is 0 Å². The number of hydrogen-bond acceptors (Lipinski definition) is 2. The monoisotopic (exact) mass is 308 g/mol. The van der Waals surface area contributed by atoms with Crippen LogP contribution in [0.1, 0.15) is 31.4 Å². The molecule has 0 radical (unpaired) electrons. The maximum Gasteiger partial charge on any atom is 0.243 e. The molecule has 1 aliphatic heterocycles. The highest BCUT2D eigenvalue weighted by Crippen LogP contribution is 2.24. The van der Waals surface area contributed by atoms with E-state index < -0.39 is 6.04 Å². The molecule has 1 aromatic carbocycles. The Labute approximate surface area is 130 Å². The van der Waals surface area contributed by atoms with Crippen molar-refractivity contribution < 1.29 is 9.59 Å². The molecule has 2 unspecified atom stereocenters. The molecule has 114 valence electrons. The van der Waals surface area contributed by atoms with E-state index in [2.05, 4.69) is 5.32 Å². The van der Waals surface area contributed by atoms with Gasteiger partial charge in [0.05, 0.1) is 6.54 Å². The number of amides is 2. The SMILES string of the molecule is CCC(C)C1C(=O)NCC(=O)N1Cc1ccc(C)cc1Cl. The Bertz CT molecular complexity index is 559. The molecule has 1 heterocycles. The Hall–Kier alpha value is -1.55. The van der Waals surface area contributed by atoms with E-state index in [1.54, 1.807) is 4.90 Å². The molecule has 0 saturated carbocycles. The molecule has 4 nitrogen and oxygen atoms in total. The second kappa shape index (κ2) is 6.48. The van der Waals surface area contributed by atoms with Gasteiger partial charge in [-0.3, -0.25) is 9.59 Å². The quantitative estimate of drug-likeness (QED) is 0.929. The summed E-state index contributed by atoms with van der Waals surface area (Å²) >= 11 is 6.26. The summed E-state index contributed by atoms with van der Waals surface area (Å²) in [6.45, 7) is 6.42. The number of carbonyl (C=O) groups excluding carboxylic acids is 2. The van der Waals surface area contributed by atoms with Crippen LogP contribution in [0.2, 0.25) is 5.02 Å². The van der Waals surface area contributed by atoms with Crippen molar-refractivity contribution in [3.63, 3.8) is 0 Å². The van der Waals surface area contributed by atoms with Gasteiger partial charge < -0.3 is 10.2 Å². The third-order valence-electron chi connectivity index (χ3n) is 4.07.